The number of hydrogen-bond donors (Lipinski definition) is 1. The number of alkyl halides is 3. The van der Waals surface area contributed by atoms with Crippen molar-refractivity contribution in [3.63, 3.8) is 0 Å². The van der Waals surface area contributed by atoms with Gasteiger partial charge in [0.15, 0.2) is 0 Å². The van der Waals surface area contributed by atoms with Gasteiger partial charge in [-0.15, -0.1) is 11.3 Å². The molecule has 0 aliphatic heterocycles. The summed E-state index contributed by atoms with van der Waals surface area (Å²) in [5.74, 6) is -1.74. The van der Waals surface area contributed by atoms with Gasteiger partial charge in [0.2, 0.25) is 11.7 Å². The molecule has 1 amide bonds. The van der Waals surface area contributed by atoms with Crippen LogP contribution in [-0.2, 0) is 17.4 Å². The van der Waals surface area contributed by atoms with E-state index < -0.39 is 12.1 Å². The third-order valence-electron chi connectivity index (χ3n) is 3.01. The molecule has 1 aromatic carbocycles. The molecule has 2 aromatic heterocycles. The molecular weight excluding hydrogens is 343 g/mol. The second-order valence-electron chi connectivity index (χ2n) is 4.80. The van der Waals surface area contributed by atoms with Crippen LogP contribution < -0.4 is 5.32 Å². The third-order valence-corrected chi connectivity index (χ3v) is 3.89. The Hall–Kier alpha value is -2.68. The van der Waals surface area contributed by atoms with Gasteiger partial charge in [-0.05, 0) is 35.7 Å². The Kier molecular flexibility index (Phi) is 4.34. The van der Waals surface area contributed by atoms with Gasteiger partial charge in [0.1, 0.15) is 0 Å². The molecule has 124 valence electrons. The molecule has 0 radical (unpaired) electrons. The van der Waals surface area contributed by atoms with Crippen molar-refractivity contribution >= 4 is 22.9 Å². The minimum Gasteiger partial charge on any atom is -0.329 e. The van der Waals surface area contributed by atoms with Crippen LogP contribution in [-0.4, -0.2) is 16.0 Å². The number of thiophene rings is 1. The zero-order chi connectivity index (χ0) is 17.2. The number of nitrogens with one attached hydrogen (secondary N) is 1. The molecule has 5 nitrogen and oxygen atoms in total. The van der Waals surface area contributed by atoms with E-state index in [1.807, 2.05) is 17.5 Å². The highest BCUT2D eigenvalue weighted by Crippen LogP contribution is 2.29. The van der Waals surface area contributed by atoms with E-state index in [0.717, 1.165) is 4.88 Å². The van der Waals surface area contributed by atoms with Crippen LogP contribution in [0.2, 0.25) is 0 Å². The van der Waals surface area contributed by atoms with Gasteiger partial charge in [-0.2, -0.15) is 18.2 Å². The summed E-state index contributed by atoms with van der Waals surface area (Å²) in [6.07, 6.45) is -4.42. The molecule has 9 heteroatoms. The fraction of sp³-hybridized carbons (Fsp3) is 0.133. The molecule has 24 heavy (non-hydrogen) atoms. The Morgan fingerprint density at radius 3 is 2.54 bits per heavy atom. The number of benzene rings is 1. The molecule has 0 fully saturated rings. The molecule has 0 spiro atoms. The number of nitrogens with zero attached hydrogens (tertiary/aromatic N) is 2. The maximum absolute atomic E-state index is 12.4. The minimum atomic E-state index is -4.68. The van der Waals surface area contributed by atoms with E-state index in [2.05, 4.69) is 20.0 Å². The maximum Gasteiger partial charge on any atom is 0.471 e. The van der Waals surface area contributed by atoms with Gasteiger partial charge in [-0.1, -0.05) is 11.2 Å². The van der Waals surface area contributed by atoms with Crippen LogP contribution in [0.5, 0.6) is 0 Å². The summed E-state index contributed by atoms with van der Waals surface area (Å²) < 4.78 is 41.5. The molecule has 2 heterocycles. The minimum absolute atomic E-state index is 0.168. The number of aromatic nitrogens is 2. The Bertz CT molecular complexity index is 827. The lowest BCUT2D eigenvalue weighted by Gasteiger charge is -2.04. The summed E-state index contributed by atoms with van der Waals surface area (Å²) >= 11 is 1.49. The number of anilines is 1. The summed E-state index contributed by atoms with van der Waals surface area (Å²) in [5, 5.41) is 7.90. The molecule has 0 saturated carbocycles. The first kappa shape index (κ1) is 16.2. The normalized spacial score (nSPS) is 11.5. The van der Waals surface area contributed by atoms with E-state index in [0.29, 0.717) is 11.3 Å². The molecule has 0 atom stereocenters. The van der Waals surface area contributed by atoms with Crippen molar-refractivity contribution in [3.05, 3.63) is 52.5 Å². The molecule has 0 unspecified atom stereocenters. The summed E-state index contributed by atoms with van der Waals surface area (Å²) in [7, 11) is 0. The number of amides is 1. The van der Waals surface area contributed by atoms with Crippen LogP contribution >= 0.6 is 11.3 Å². The van der Waals surface area contributed by atoms with Crippen molar-refractivity contribution in [2.45, 2.75) is 12.6 Å². The lowest BCUT2D eigenvalue weighted by Crippen LogP contribution is -2.13. The predicted molar refractivity (Wildman–Crippen MR) is 81.4 cm³/mol. The highest BCUT2D eigenvalue weighted by atomic mass is 32.1. The first-order chi connectivity index (χ1) is 11.4. The molecule has 0 aliphatic rings. The van der Waals surface area contributed by atoms with Gasteiger partial charge in [0.05, 0.1) is 6.42 Å². The number of carbonyl (C=O) groups excluding carboxylic acids is 1. The third kappa shape index (κ3) is 3.80. The molecule has 3 rings (SSSR count). The average Bonchev–Trinajstić information content (AvgIpc) is 3.18. The predicted octanol–water partition coefficient (Wildman–Crippen LogP) is 4.00. The monoisotopic (exact) mass is 353 g/mol. The van der Waals surface area contributed by atoms with Crippen LogP contribution in [0.25, 0.3) is 11.4 Å². The molecule has 0 bridgehead atoms. The largest absolute Gasteiger partial charge is 0.471 e. The molecule has 0 aliphatic carbocycles. The van der Waals surface area contributed by atoms with Gasteiger partial charge in [0, 0.05) is 16.1 Å². The zero-order valence-corrected chi connectivity index (χ0v) is 12.8. The summed E-state index contributed by atoms with van der Waals surface area (Å²) in [6, 6.07) is 9.86. The van der Waals surface area contributed by atoms with Crippen molar-refractivity contribution < 1.29 is 22.5 Å². The first-order valence-corrected chi connectivity index (χ1v) is 7.63. The van der Waals surface area contributed by atoms with Crippen molar-refractivity contribution in [3.8, 4) is 11.4 Å². The van der Waals surface area contributed by atoms with Gasteiger partial charge in [-0.25, -0.2) is 0 Å². The highest BCUT2D eigenvalue weighted by Gasteiger charge is 2.38. The van der Waals surface area contributed by atoms with Gasteiger partial charge in [-0.3, -0.25) is 4.79 Å². The Morgan fingerprint density at radius 1 is 1.21 bits per heavy atom. The van der Waals surface area contributed by atoms with Crippen LogP contribution in [0.4, 0.5) is 18.9 Å². The van der Waals surface area contributed by atoms with Crippen LogP contribution in [0.15, 0.2) is 46.3 Å². The quantitative estimate of drug-likeness (QED) is 0.770. The highest BCUT2D eigenvalue weighted by molar-refractivity contribution is 7.10. The number of carbonyl (C=O) groups is 1. The van der Waals surface area contributed by atoms with Crippen LogP contribution in [0, 0.1) is 0 Å². The maximum atomic E-state index is 12.4. The topological polar surface area (TPSA) is 68.0 Å². The number of halogens is 3. The average molecular weight is 353 g/mol. The Labute approximate surface area is 138 Å². The van der Waals surface area contributed by atoms with E-state index >= 15 is 0 Å². The Balaban J connectivity index is 1.67. The lowest BCUT2D eigenvalue weighted by molar-refractivity contribution is -0.159. The smallest absolute Gasteiger partial charge is 0.329 e. The first-order valence-electron chi connectivity index (χ1n) is 6.75. The second kappa shape index (κ2) is 6.44. The van der Waals surface area contributed by atoms with Crippen LogP contribution in [0.1, 0.15) is 10.8 Å². The summed E-state index contributed by atoms with van der Waals surface area (Å²) in [5.41, 5.74) is 0.880. The standard InChI is InChI=1S/C15H10F3N3O2S/c16-15(17,18)14-20-13(21-23-14)9-3-5-10(6-4-9)19-12(22)8-11-2-1-7-24-11/h1-7H,8H2,(H,19,22). The molecule has 0 saturated heterocycles. The molecule has 3 aromatic rings. The van der Waals surface area contributed by atoms with Gasteiger partial charge in [0.25, 0.3) is 0 Å². The van der Waals surface area contributed by atoms with Crippen molar-refractivity contribution in [2.24, 2.45) is 0 Å². The van der Waals surface area contributed by atoms with E-state index in [-0.39, 0.29) is 18.2 Å². The second-order valence-corrected chi connectivity index (χ2v) is 5.83. The van der Waals surface area contributed by atoms with E-state index in [1.165, 1.54) is 23.5 Å². The number of rotatable bonds is 4. The summed E-state index contributed by atoms with van der Waals surface area (Å²) in [4.78, 5) is 16.1. The van der Waals surface area contributed by atoms with E-state index in [1.54, 1.807) is 12.1 Å². The lowest BCUT2D eigenvalue weighted by atomic mass is 10.2. The fourth-order valence-electron chi connectivity index (χ4n) is 1.94. The molecular formula is C15H10F3N3O2S. The Morgan fingerprint density at radius 2 is 1.96 bits per heavy atom. The van der Waals surface area contributed by atoms with Gasteiger partial charge >= 0.3 is 12.1 Å². The fourth-order valence-corrected chi connectivity index (χ4v) is 2.64. The van der Waals surface area contributed by atoms with E-state index in [9.17, 15) is 18.0 Å². The van der Waals surface area contributed by atoms with E-state index in [4.69, 9.17) is 0 Å². The summed E-state index contributed by atoms with van der Waals surface area (Å²) in [6.45, 7) is 0. The van der Waals surface area contributed by atoms with Crippen molar-refractivity contribution in [2.75, 3.05) is 5.32 Å². The van der Waals surface area contributed by atoms with Crippen molar-refractivity contribution in [1.82, 2.24) is 10.1 Å². The SMILES string of the molecule is O=C(Cc1cccs1)Nc1ccc(-c2noc(C(F)(F)F)n2)cc1. The van der Waals surface area contributed by atoms with Crippen LogP contribution in [0.3, 0.4) is 0 Å². The zero-order valence-electron chi connectivity index (χ0n) is 12.0. The molecule has 1 N–H and O–H groups in total. The van der Waals surface area contributed by atoms with Crippen molar-refractivity contribution in [1.29, 1.82) is 0 Å². The van der Waals surface area contributed by atoms with Gasteiger partial charge < -0.3 is 9.84 Å². The number of hydrogen-bond acceptors (Lipinski definition) is 5.